The van der Waals surface area contributed by atoms with Crippen LogP contribution in [0.1, 0.15) is 17.2 Å². The fourth-order valence-electron chi connectivity index (χ4n) is 1.76. The second kappa shape index (κ2) is 4.81. The van der Waals surface area contributed by atoms with Crippen molar-refractivity contribution in [3.8, 4) is 5.75 Å². The first-order chi connectivity index (χ1) is 7.75. The summed E-state index contributed by atoms with van der Waals surface area (Å²) in [4.78, 5) is 0. The number of phenols is 1. The molecule has 2 nitrogen and oxygen atoms in total. The minimum Gasteiger partial charge on any atom is -0.508 e. The van der Waals surface area contributed by atoms with Crippen molar-refractivity contribution in [3.05, 3.63) is 65.7 Å². The molecule has 0 spiro atoms. The molecule has 0 fully saturated rings. The number of aromatic hydroxyl groups is 1. The molecule has 0 radical (unpaired) electrons. The summed E-state index contributed by atoms with van der Waals surface area (Å²) in [7, 11) is 0. The monoisotopic (exact) mass is 213 g/mol. The molecule has 2 heteroatoms. The quantitative estimate of drug-likeness (QED) is 0.823. The Bertz CT molecular complexity index is 453. The molecule has 0 saturated carbocycles. The van der Waals surface area contributed by atoms with E-state index in [4.69, 9.17) is 5.73 Å². The van der Waals surface area contributed by atoms with E-state index in [0.29, 0.717) is 0 Å². The van der Waals surface area contributed by atoms with Crippen molar-refractivity contribution in [1.82, 2.24) is 0 Å². The summed E-state index contributed by atoms with van der Waals surface area (Å²) >= 11 is 0. The van der Waals surface area contributed by atoms with Crippen LogP contribution in [0.5, 0.6) is 5.75 Å². The van der Waals surface area contributed by atoms with Gasteiger partial charge < -0.3 is 10.8 Å². The maximum absolute atomic E-state index is 9.36. The number of hydrogen-bond donors (Lipinski definition) is 2. The smallest absolute Gasteiger partial charge is 0.115 e. The Morgan fingerprint density at radius 3 is 2.44 bits per heavy atom. The van der Waals surface area contributed by atoms with E-state index in [9.17, 15) is 5.11 Å². The van der Waals surface area contributed by atoms with Crippen LogP contribution >= 0.6 is 0 Å². The van der Waals surface area contributed by atoms with Gasteiger partial charge in [0.1, 0.15) is 5.75 Å². The first-order valence-electron chi connectivity index (χ1n) is 5.34. The highest BCUT2D eigenvalue weighted by molar-refractivity contribution is 5.29. The maximum atomic E-state index is 9.36. The molecule has 1 atom stereocenters. The van der Waals surface area contributed by atoms with Gasteiger partial charge in [-0.2, -0.15) is 0 Å². The van der Waals surface area contributed by atoms with E-state index in [1.54, 1.807) is 12.1 Å². The minimum absolute atomic E-state index is 0.0250. The van der Waals surface area contributed by atoms with E-state index in [1.165, 1.54) is 0 Å². The molecule has 16 heavy (non-hydrogen) atoms. The second-order valence-corrected chi connectivity index (χ2v) is 3.89. The summed E-state index contributed by atoms with van der Waals surface area (Å²) in [6.07, 6.45) is 0.735. The van der Waals surface area contributed by atoms with Crippen LogP contribution in [0.15, 0.2) is 54.6 Å². The fourth-order valence-corrected chi connectivity index (χ4v) is 1.76. The molecule has 2 aromatic carbocycles. The largest absolute Gasteiger partial charge is 0.508 e. The van der Waals surface area contributed by atoms with Gasteiger partial charge in [-0.3, -0.25) is 0 Å². The predicted octanol–water partition coefficient (Wildman–Crippen LogP) is 2.63. The van der Waals surface area contributed by atoms with Crippen molar-refractivity contribution in [2.75, 3.05) is 0 Å². The van der Waals surface area contributed by atoms with Crippen molar-refractivity contribution in [1.29, 1.82) is 0 Å². The molecule has 0 amide bonds. The van der Waals surface area contributed by atoms with Gasteiger partial charge in [0.25, 0.3) is 0 Å². The van der Waals surface area contributed by atoms with Crippen molar-refractivity contribution < 1.29 is 5.11 Å². The normalized spacial score (nSPS) is 12.3. The molecule has 0 unspecified atom stereocenters. The third kappa shape index (κ3) is 2.61. The van der Waals surface area contributed by atoms with E-state index >= 15 is 0 Å². The van der Waals surface area contributed by atoms with E-state index in [1.807, 2.05) is 42.5 Å². The molecule has 0 aromatic heterocycles. The highest BCUT2D eigenvalue weighted by atomic mass is 16.3. The standard InChI is InChI=1S/C14H15NO/c15-14(12-6-2-1-3-7-12)10-11-5-4-8-13(16)9-11/h1-9,14,16H,10,15H2/t14-/m1/s1. The molecule has 2 rings (SSSR count). The summed E-state index contributed by atoms with van der Waals surface area (Å²) in [6, 6.07) is 17.2. The van der Waals surface area contributed by atoms with Crippen LogP contribution in [0.4, 0.5) is 0 Å². The van der Waals surface area contributed by atoms with Gasteiger partial charge in [0.2, 0.25) is 0 Å². The highest BCUT2D eigenvalue weighted by Gasteiger charge is 2.06. The molecular weight excluding hydrogens is 198 g/mol. The number of phenolic OH excluding ortho intramolecular Hbond substituents is 1. The van der Waals surface area contributed by atoms with Gasteiger partial charge in [-0.25, -0.2) is 0 Å². The van der Waals surface area contributed by atoms with Crippen molar-refractivity contribution in [3.63, 3.8) is 0 Å². The Hall–Kier alpha value is -1.80. The fraction of sp³-hybridized carbons (Fsp3) is 0.143. The molecule has 0 heterocycles. The van der Waals surface area contributed by atoms with E-state index < -0.39 is 0 Å². The molecule has 0 saturated heterocycles. The van der Waals surface area contributed by atoms with Gasteiger partial charge in [0.15, 0.2) is 0 Å². The van der Waals surface area contributed by atoms with Crippen LogP contribution in [0.25, 0.3) is 0 Å². The molecule has 3 N–H and O–H groups in total. The van der Waals surface area contributed by atoms with Gasteiger partial charge in [-0.05, 0) is 29.7 Å². The van der Waals surface area contributed by atoms with Gasteiger partial charge in [0, 0.05) is 6.04 Å². The highest BCUT2D eigenvalue weighted by Crippen LogP contribution is 2.18. The maximum Gasteiger partial charge on any atom is 0.115 e. The lowest BCUT2D eigenvalue weighted by Gasteiger charge is -2.12. The summed E-state index contributed by atoms with van der Waals surface area (Å²) in [6.45, 7) is 0. The number of benzene rings is 2. The Kier molecular flexibility index (Phi) is 3.22. The SMILES string of the molecule is N[C@H](Cc1cccc(O)c1)c1ccccc1. The Balaban J connectivity index is 2.11. The van der Waals surface area contributed by atoms with E-state index in [-0.39, 0.29) is 11.8 Å². The topological polar surface area (TPSA) is 46.2 Å². The van der Waals surface area contributed by atoms with Crippen LogP contribution < -0.4 is 5.73 Å². The molecule has 0 aliphatic carbocycles. The van der Waals surface area contributed by atoms with Gasteiger partial charge in [-0.1, -0.05) is 42.5 Å². The van der Waals surface area contributed by atoms with Crippen molar-refractivity contribution in [2.24, 2.45) is 5.73 Å². The third-order valence-electron chi connectivity index (χ3n) is 2.59. The molecule has 2 aromatic rings. The van der Waals surface area contributed by atoms with Gasteiger partial charge in [0.05, 0.1) is 0 Å². The first-order valence-corrected chi connectivity index (χ1v) is 5.34. The Morgan fingerprint density at radius 1 is 1.00 bits per heavy atom. The molecule has 82 valence electrons. The minimum atomic E-state index is -0.0250. The second-order valence-electron chi connectivity index (χ2n) is 3.89. The van der Waals surface area contributed by atoms with E-state index in [2.05, 4.69) is 0 Å². The zero-order valence-corrected chi connectivity index (χ0v) is 9.01. The van der Waals surface area contributed by atoms with Crippen LogP contribution in [0, 0.1) is 0 Å². The predicted molar refractivity (Wildman–Crippen MR) is 65.2 cm³/mol. The molecule has 0 bridgehead atoms. The average molecular weight is 213 g/mol. The number of nitrogens with two attached hydrogens (primary N) is 1. The van der Waals surface area contributed by atoms with Gasteiger partial charge >= 0.3 is 0 Å². The van der Waals surface area contributed by atoms with Crippen LogP contribution in [-0.4, -0.2) is 5.11 Å². The summed E-state index contributed by atoms with van der Waals surface area (Å²) in [5, 5.41) is 9.36. The lowest BCUT2D eigenvalue weighted by molar-refractivity contribution is 0.474. The van der Waals surface area contributed by atoms with Gasteiger partial charge in [-0.15, -0.1) is 0 Å². The average Bonchev–Trinajstić information content (AvgIpc) is 2.30. The zero-order chi connectivity index (χ0) is 11.4. The Morgan fingerprint density at radius 2 is 1.75 bits per heavy atom. The van der Waals surface area contributed by atoms with Crippen molar-refractivity contribution in [2.45, 2.75) is 12.5 Å². The number of hydrogen-bond acceptors (Lipinski definition) is 2. The lowest BCUT2D eigenvalue weighted by atomic mass is 10.00. The molecule has 0 aliphatic rings. The molecule has 0 aliphatic heterocycles. The Labute approximate surface area is 95.4 Å². The summed E-state index contributed by atoms with van der Waals surface area (Å²) < 4.78 is 0. The summed E-state index contributed by atoms with van der Waals surface area (Å²) in [5.41, 5.74) is 8.26. The van der Waals surface area contributed by atoms with Crippen LogP contribution in [0.3, 0.4) is 0 Å². The first kappa shape index (κ1) is 10.7. The van der Waals surface area contributed by atoms with Crippen LogP contribution in [-0.2, 0) is 6.42 Å². The third-order valence-corrected chi connectivity index (χ3v) is 2.59. The van der Waals surface area contributed by atoms with Crippen molar-refractivity contribution >= 4 is 0 Å². The zero-order valence-electron chi connectivity index (χ0n) is 9.01. The summed E-state index contributed by atoms with van der Waals surface area (Å²) in [5.74, 6) is 0.290. The van der Waals surface area contributed by atoms with E-state index in [0.717, 1.165) is 17.5 Å². The number of rotatable bonds is 3. The molecular formula is C14H15NO. The lowest BCUT2D eigenvalue weighted by Crippen LogP contribution is -2.12. The van der Waals surface area contributed by atoms with Crippen LogP contribution in [0.2, 0.25) is 0 Å².